The summed E-state index contributed by atoms with van der Waals surface area (Å²) in [5, 5.41) is 3.17. The van der Waals surface area contributed by atoms with Crippen molar-refractivity contribution in [1.82, 2.24) is 14.9 Å². The molecule has 0 radical (unpaired) electrons. The number of halogens is 3. The zero-order chi connectivity index (χ0) is 17.9. The smallest absolute Gasteiger partial charge is 0.323 e. The fraction of sp³-hybridized carbons (Fsp3) is 0.211. The molecule has 0 aliphatic heterocycles. The molecular formula is C19H18F3N3. The van der Waals surface area contributed by atoms with Crippen LogP contribution in [-0.4, -0.2) is 9.55 Å². The Morgan fingerprint density at radius 2 is 1.88 bits per heavy atom. The summed E-state index contributed by atoms with van der Waals surface area (Å²) in [6, 6.07) is 13.1. The predicted octanol–water partition coefficient (Wildman–Crippen LogP) is 4.53. The molecule has 0 bridgehead atoms. The fourth-order valence-corrected chi connectivity index (χ4v) is 2.77. The van der Waals surface area contributed by atoms with Gasteiger partial charge in [-0.3, -0.25) is 0 Å². The minimum absolute atomic E-state index is 0.335. The molecule has 3 aromatic rings. The maximum atomic E-state index is 12.8. The molecule has 25 heavy (non-hydrogen) atoms. The summed E-state index contributed by atoms with van der Waals surface area (Å²) in [6.07, 6.45) is -2.53. The Balaban J connectivity index is 1.73. The molecule has 0 atom stereocenters. The first kappa shape index (κ1) is 17.2. The average molecular weight is 345 g/mol. The molecule has 3 rings (SSSR count). The van der Waals surface area contributed by atoms with Crippen molar-refractivity contribution < 1.29 is 13.2 Å². The van der Waals surface area contributed by atoms with Gasteiger partial charge in [0, 0.05) is 13.1 Å². The summed E-state index contributed by atoms with van der Waals surface area (Å²) < 4.78 is 40.3. The van der Waals surface area contributed by atoms with Crippen LogP contribution in [0, 0.1) is 0 Å². The van der Waals surface area contributed by atoms with Gasteiger partial charge in [0.2, 0.25) is 0 Å². The first-order chi connectivity index (χ1) is 12.0. The van der Waals surface area contributed by atoms with Crippen molar-refractivity contribution in [2.45, 2.75) is 25.8 Å². The van der Waals surface area contributed by atoms with Gasteiger partial charge >= 0.3 is 6.18 Å². The third-order valence-electron chi connectivity index (χ3n) is 3.91. The van der Waals surface area contributed by atoms with Gasteiger partial charge < -0.3 is 9.88 Å². The van der Waals surface area contributed by atoms with Crippen molar-refractivity contribution in [3.05, 3.63) is 78.1 Å². The molecular weight excluding hydrogens is 327 g/mol. The van der Waals surface area contributed by atoms with Crippen LogP contribution < -0.4 is 5.32 Å². The molecule has 130 valence electrons. The molecule has 0 amide bonds. The largest absolute Gasteiger partial charge is 0.416 e. The van der Waals surface area contributed by atoms with Crippen molar-refractivity contribution in [3.63, 3.8) is 0 Å². The second kappa shape index (κ2) is 7.11. The van der Waals surface area contributed by atoms with Crippen molar-refractivity contribution in [1.29, 1.82) is 0 Å². The Bertz CT molecular complexity index is 881. The second-order valence-electron chi connectivity index (χ2n) is 5.72. The molecule has 0 unspecified atom stereocenters. The zero-order valence-corrected chi connectivity index (χ0v) is 13.6. The molecule has 0 aliphatic carbocycles. The molecule has 0 saturated heterocycles. The van der Waals surface area contributed by atoms with E-state index in [2.05, 4.69) is 16.9 Å². The summed E-state index contributed by atoms with van der Waals surface area (Å²) in [5.74, 6) is 0.827. The topological polar surface area (TPSA) is 29.9 Å². The van der Waals surface area contributed by atoms with Crippen molar-refractivity contribution in [2.24, 2.45) is 0 Å². The van der Waals surface area contributed by atoms with Crippen LogP contribution in [0.5, 0.6) is 0 Å². The van der Waals surface area contributed by atoms with Crippen LogP contribution in [0.4, 0.5) is 13.2 Å². The zero-order valence-electron chi connectivity index (χ0n) is 13.6. The Kier molecular flexibility index (Phi) is 4.90. The van der Waals surface area contributed by atoms with Gasteiger partial charge in [0.1, 0.15) is 5.82 Å². The highest BCUT2D eigenvalue weighted by atomic mass is 19.4. The molecule has 0 fully saturated rings. The van der Waals surface area contributed by atoms with Crippen LogP contribution in [-0.2, 0) is 25.8 Å². The normalized spacial score (nSPS) is 11.8. The Morgan fingerprint density at radius 1 is 1.08 bits per heavy atom. The van der Waals surface area contributed by atoms with E-state index in [0.29, 0.717) is 25.2 Å². The number of para-hydroxylation sites is 2. The number of alkyl halides is 3. The second-order valence-corrected chi connectivity index (χ2v) is 5.72. The van der Waals surface area contributed by atoms with Crippen LogP contribution in [0.25, 0.3) is 11.0 Å². The van der Waals surface area contributed by atoms with Gasteiger partial charge in [-0.2, -0.15) is 13.2 Å². The highest BCUT2D eigenvalue weighted by Crippen LogP contribution is 2.29. The number of aromatic nitrogens is 2. The lowest BCUT2D eigenvalue weighted by molar-refractivity contribution is -0.137. The molecule has 2 aromatic carbocycles. The Hall–Kier alpha value is -2.60. The van der Waals surface area contributed by atoms with E-state index < -0.39 is 11.7 Å². The summed E-state index contributed by atoms with van der Waals surface area (Å²) in [7, 11) is 0. The van der Waals surface area contributed by atoms with Crippen LogP contribution in [0.2, 0.25) is 0 Å². The van der Waals surface area contributed by atoms with Crippen LogP contribution in [0.15, 0.2) is 61.2 Å². The van der Waals surface area contributed by atoms with Crippen LogP contribution in [0.1, 0.15) is 17.0 Å². The molecule has 0 spiro atoms. The Morgan fingerprint density at radius 3 is 2.64 bits per heavy atom. The predicted molar refractivity (Wildman–Crippen MR) is 91.9 cm³/mol. The van der Waals surface area contributed by atoms with Crippen molar-refractivity contribution >= 4 is 11.0 Å². The lowest BCUT2D eigenvalue weighted by atomic mass is 10.1. The van der Waals surface area contributed by atoms with Crippen LogP contribution >= 0.6 is 0 Å². The van der Waals surface area contributed by atoms with Gasteiger partial charge in [-0.1, -0.05) is 36.4 Å². The number of rotatable bonds is 6. The summed E-state index contributed by atoms with van der Waals surface area (Å²) in [6.45, 7) is 5.19. The highest BCUT2D eigenvalue weighted by Gasteiger charge is 2.30. The maximum absolute atomic E-state index is 12.8. The van der Waals surface area contributed by atoms with Crippen molar-refractivity contribution in [2.75, 3.05) is 0 Å². The molecule has 0 saturated carbocycles. The standard InChI is InChI=1S/C19H18F3N3/c1-2-10-25-17-9-4-3-8-16(17)24-18(25)13-23-12-14-6-5-7-15(11-14)19(20,21)22/h2-9,11,23H,1,10,12-13H2. The quantitative estimate of drug-likeness (QED) is 0.665. The molecule has 1 heterocycles. The van der Waals surface area contributed by atoms with Gasteiger partial charge in [0.25, 0.3) is 0 Å². The van der Waals surface area contributed by atoms with E-state index in [1.54, 1.807) is 12.1 Å². The lowest BCUT2D eigenvalue weighted by Gasteiger charge is -2.10. The van der Waals surface area contributed by atoms with Gasteiger partial charge in [-0.15, -0.1) is 6.58 Å². The number of nitrogens with zero attached hydrogens (tertiary/aromatic N) is 2. The number of nitrogens with one attached hydrogen (secondary N) is 1. The minimum Gasteiger partial charge on any atom is -0.323 e. The SMILES string of the molecule is C=CCn1c(CNCc2cccc(C(F)(F)F)c2)nc2ccccc21. The number of allylic oxidation sites excluding steroid dienone is 1. The third-order valence-corrected chi connectivity index (χ3v) is 3.91. The Labute approximate surface area is 143 Å². The first-order valence-electron chi connectivity index (χ1n) is 7.91. The first-order valence-corrected chi connectivity index (χ1v) is 7.91. The number of hydrogen-bond donors (Lipinski definition) is 1. The molecule has 0 aliphatic rings. The van der Waals surface area contributed by atoms with E-state index in [9.17, 15) is 13.2 Å². The average Bonchev–Trinajstić information content (AvgIpc) is 2.93. The summed E-state index contributed by atoms with van der Waals surface area (Å²) >= 11 is 0. The molecule has 1 aromatic heterocycles. The van der Waals surface area contributed by atoms with E-state index in [-0.39, 0.29) is 0 Å². The van der Waals surface area contributed by atoms with Crippen molar-refractivity contribution in [3.8, 4) is 0 Å². The van der Waals surface area contributed by atoms with E-state index in [1.807, 2.05) is 28.8 Å². The van der Waals surface area contributed by atoms with E-state index >= 15 is 0 Å². The van der Waals surface area contributed by atoms with E-state index in [1.165, 1.54) is 12.1 Å². The molecule has 3 nitrogen and oxygen atoms in total. The third kappa shape index (κ3) is 3.91. The lowest BCUT2D eigenvalue weighted by Crippen LogP contribution is -2.17. The number of benzene rings is 2. The summed E-state index contributed by atoms with van der Waals surface area (Å²) in [4.78, 5) is 4.59. The summed E-state index contributed by atoms with van der Waals surface area (Å²) in [5.41, 5.74) is 1.85. The van der Waals surface area contributed by atoms with Gasteiger partial charge in [0.05, 0.1) is 23.1 Å². The van der Waals surface area contributed by atoms with E-state index in [4.69, 9.17) is 0 Å². The molecule has 1 N–H and O–H groups in total. The fourth-order valence-electron chi connectivity index (χ4n) is 2.77. The highest BCUT2D eigenvalue weighted by molar-refractivity contribution is 5.75. The van der Waals surface area contributed by atoms with Crippen LogP contribution in [0.3, 0.4) is 0 Å². The molecule has 6 heteroatoms. The number of imidazole rings is 1. The van der Waals surface area contributed by atoms with Gasteiger partial charge in [0.15, 0.2) is 0 Å². The van der Waals surface area contributed by atoms with E-state index in [0.717, 1.165) is 22.9 Å². The maximum Gasteiger partial charge on any atom is 0.416 e. The minimum atomic E-state index is -4.33. The number of fused-ring (bicyclic) bond motifs is 1. The monoisotopic (exact) mass is 345 g/mol. The van der Waals surface area contributed by atoms with Gasteiger partial charge in [-0.25, -0.2) is 4.98 Å². The number of hydrogen-bond acceptors (Lipinski definition) is 2. The van der Waals surface area contributed by atoms with Gasteiger partial charge in [-0.05, 0) is 23.8 Å².